The van der Waals surface area contributed by atoms with Crippen LogP contribution in [0.15, 0.2) is 42.6 Å². The van der Waals surface area contributed by atoms with Gasteiger partial charge in [-0.1, -0.05) is 6.07 Å². The molecule has 0 saturated carbocycles. The van der Waals surface area contributed by atoms with Crippen molar-refractivity contribution in [1.29, 1.82) is 0 Å². The molecular formula is C22H20FN3O3S. The molecule has 1 saturated heterocycles. The molecule has 0 radical (unpaired) electrons. The summed E-state index contributed by atoms with van der Waals surface area (Å²) >= 11 is 1.84. The van der Waals surface area contributed by atoms with Crippen LogP contribution in [0.2, 0.25) is 0 Å². The molecule has 6 nitrogen and oxygen atoms in total. The minimum Gasteiger partial charge on any atom is -0.454 e. The van der Waals surface area contributed by atoms with E-state index in [1.54, 1.807) is 12.3 Å². The number of benzene rings is 2. The van der Waals surface area contributed by atoms with Gasteiger partial charge in [-0.05, 0) is 35.9 Å². The van der Waals surface area contributed by atoms with Gasteiger partial charge in [0.2, 0.25) is 6.79 Å². The zero-order chi connectivity index (χ0) is 20.5. The van der Waals surface area contributed by atoms with E-state index in [2.05, 4.69) is 10.3 Å². The lowest BCUT2D eigenvalue weighted by Gasteiger charge is -2.27. The third-order valence-corrected chi connectivity index (χ3v) is 6.21. The van der Waals surface area contributed by atoms with Gasteiger partial charge in [0.15, 0.2) is 11.5 Å². The van der Waals surface area contributed by atoms with Crippen LogP contribution >= 0.6 is 11.8 Å². The summed E-state index contributed by atoms with van der Waals surface area (Å²) in [7, 11) is 0. The molecule has 154 valence electrons. The summed E-state index contributed by atoms with van der Waals surface area (Å²) in [5.74, 6) is 2.80. The number of aromatic nitrogens is 1. The number of nitrogens with zero attached hydrogens (tertiary/aromatic N) is 2. The number of halogens is 1. The van der Waals surface area contributed by atoms with E-state index in [4.69, 9.17) is 9.47 Å². The highest BCUT2D eigenvalue weighted by molar-refractivity contribution is 7.99. The molecule has 8 heteroatoms. The van der Waals surface area contributed by atoms with Crippen LogP contribution in [0.1, 0.15) is 15.9 Å². The standard InChI is InChI=1S/C22H20FN3O3S/c23-15-2-3-18-16(10-15)21(17(12-24-18)22(27)26-5-7-30-8-6-26)25-11-14-1-4-19-20(9-14)29-13-28-19/h1-4,9-10,12H,5-8,11,13H2,(H,24,25). The SMILES string of the molecule is O=C(c1cnc2ccc(F)cc2c1NCc1ccc2c(c1)OCO2)N1CCSCC1. The lowest BCUT2D eigenvalue weighted by Crippen LogP contribution is -2.38. The van der Waals surface area contributed by atoms with Crippen LogP contribution in [-0.4, -0.2) is 47.2 Å². The van der Waals surface area contributed by atoms with Crippen LogP contribution in [0.25, 0.3) is 10.9 Å². The highest BCUT2D eigenvalue weighted by Crippen LogP contribution is 2.33. The van der Waals surface area contributed by atoms with Crippen molar-refractivity contribution in [2.24, 2.45) is 0 Å². The molecule has 1 amide bonds. The summed E-state index contributed by atoms with van der Waals surface area (Å²) in [6.07, 6.45) is 1.59. The van der Waals surface area contributed by atoms with Crippen molar-refractivity contribution in [3.05, 3.63) is 59.5 Å². The van der Waals surface area contributed by atoms with E-state index < -0.39 is 0 Å². The fourth-order valence-electron chi connectivity index (χ4n) is 3.70. The van der Waals surface area contributed by atoms with Crippen molar-refractivity contribution >= 4 is 34.3 Å². The molecule has 3 heterocycles. The van der Waals surface area contributed by atoms with Crippen molar-refractivity contribution in [3.8, 4) is 11.5 Å². The topological polar surface area (TPSA) is 63.7 Å². The highest BCUT2D eigenvalue weighted by atomic mass is 32.2. The Kier molecular flexibility index (Phi) is 5.08. The van der Waals surface area contributed by atoms with Crippen LogP contribution in [-0.2, 0) is 6.54 Å². The van der Waals surface area contributed by atoms with Gasteiger partial charge in [-0.25, -0.2) is 4.39 Å². The summed E-state index contributed by atoms with van der Waals surface area (Å²) in [5, 5.41) is 3.95. The predicted octanol–water partition coefficient (Wildman–Crippen LogP) is 3.90. The summed E-state index contributed by atoms with van der Waals surface area (Å²) in [4.78, 5) is 19.5. The summed E-state index contributed by atoms with van der Waals surface area (Å²) in [6.45, 7) is 2.06. The summed E-state index contributed by atoms with van der Waals surface area (Å²) in [6, 6.07) is 10.1. The average molecular weight is 425 g/mol. The molecule has 0 bridgehead atoms. The number of nitrogens with one attached hydrogen (secondary N) is 1. The molecule has 0 unspecified atom stereocenters. The Morgan fingerprint density at radius 3 is 2.83 bits per heavy atom. The Labute approximate surface area is 177 Å². The second kappa shape index (κ2) is 8.02. The maximum Gasteiger partial charge on any atom is 0.257 e. The number of amides is 1. The van der Waals surface area contributed by atoms with Crippen molar-refractivity contribution in [1.82, 2.24) is 9.88 Å². The first-order valence-corrected chi connectivity index (χ1v) is 10.9. The summed E-state index contributed by atoms with van der Waals surface area (Å²) < 4.78 is 24.8. The fourth-order valence-corrected chi connectivity index (χ4v) is 4.60. The van der Waals surface area contributed by atoms with Crippen LogP contribution in [0.3, 0.4) is 0 Å². The van der Waals surface area contributed by atoms with E-state index in [1.165, 1.54) is 12.1 Å². The van der Waals surface area contributed by atoms with Crippen molar-refractivity contribution < 1.29 is 18.7 Å². The molecule has 0 atom stereocenters. The maximum atomic E-state index is 14.0. The molecule has 0 aliphatic carbocycles. The molecular weight excluding hydrogens is 405 g/mol. The van der Waals surface area contributed by atoms with E-state index in [9.17, 15) is 9.18 Å². The van der Waals surface area contributed by atoms with Gasteiger partial charge >= 0.3 is 0 Å². The zero-order valence-electron chi connectivity index (χ0n) is 16.2. The quantitative estimate of drug-likeness (QED) is 0.684. The molecule has 2 aliphatic heterocycles. The predicted molar refractivity (Wildman–Crippen MR) is 115 cm³/mol. The van der Waals surface area contributed by atoms with Gasteiger partial charge in [-0.3, -0.25) is 9.78 Å². The minimum absolute atomic E-state index is 0.0813. The molecule has 30 heavy (non-hydrogen) atoms. The van der Waals surface area contributed by atoms with Crippen LogP contribution in [0.5, 0.6) is 11.5 Å². The van der Waals surface area contributed by atoms with Gasteiger partial charge in [0, 0.05) is 42.7 Å². The number of carbonyl (C=O) groups is 1. The number of anilines is 1. The number of rotatable bonds is 4. The van der Waals surface area contributed by atoms with Gasteiger partial charge in [0.25, 0.3) is 5.91 Å². The minimum atomic E-state index is -0.366. The zero-order valence-corrected chi connectivity index (χ0v) is 17.0. The van der Waals surface area contributed by atoms with E-state index in [1.807, 2.05) is 34.9 Å². The van der Waals surface area contributed by atoms with Crippen LogP contribution in [0, 0.1) is 5.82 Å². The van der Waals surface area contributed by atoms with E-state index in [0.717, 1.165) is 17.1 Å². The number of hydrogen-bond acceptors (Lipinski definition) is 6. The largest absolute Gasteiger partial charge is 0.454 e. The van der Waals surface area contributed by atoms with Gasteiger partial charge < -0.3 is 19.7 Å². The van der Waals surface area contributed by atoms with E-state index >= 15 is 0 Å². The first-order chi connectivity index (χ1) is 14.7. The van der Waals surface area contributed by atoms with Gasteiger partial charge in [0.05, 0.1) is 16.8 Å². The molecule has 1 N–H and O–H groups in total. The van der Waals surface area contributed by atoms with Gasteiger partial charge in [-0.15, -0.1) is 0 Å². The molecule has 1 aromatic heterocycles. The fraction of sp³-hybridized carbons (Fsp3) is 0.273. The second-order valence-electron chi connectivity index (χ2n) is 7.15. The maximum absolute atomic E-state index is 14.0. The smallest absolute Gasteiger partial charge is 0.257 e. The number of pyridine rings is 1. The summed E-state index contributed by atoms with van der Waals surface area (Å²) in [5.41, 5.74) is 2.66. The van der Waals surface area contributed by atoms with Crippen LogP contribution in [0.4, 0.5) is 10.1 Å². The third-order valence-electron chi connectivity index (χ3n) is 5.26. The molecule has 2 aliphatic rings. The molecule has 2 aromatic carbocycles. The Balaban J connectivity index is 1.50. The van der Waals surface area contributed by atoms with Gasteiger partial charge in [-0.2, -0.15) is 11.8 Å². The highest BCUT2D eigenvalue weighted by Gasteiger charge is 2.23. The third kappa shape index (κ3) is 3.63. The lowest BCUT2D eigenvalue weighted by atomic mass is 10.1. The van der Waals surface area contributed by atoms with Crippen molar-refractivity contribution in [2.45, 2.75) is 6.54 Å². The van der Waals surface area contributed by atoms with Crippen molar-refractivity contribution in [3.63, 3.8) is 0 Å². The van der Waals surface area contributed by atoms with Crippen LogP contribution < -0.4 is 14.8 Å². The molecule has 0 spiro atoms. The Bertz CT molecular complexity index is 1120. The van der Waals surface area contributed by atoms with Gasteiger partial charge in [0.1, 0.15) is 5.82 Å². The van der Waals surface area contributed by atoms with Crippen molar-refractivity contribution in [2.75, 3.05) is 36.7 Å². The normalized spacial score (nSPS) is 15.4. The Hall–Kier alpha value is -3.00. The molecule has 5 rings (SSSR count). The number of ether oxygens (including phenoxy) is 2. The molecule has 1 fully saturated rings. The number of thioether (sulfide) groups is 1. The lowest BCUT2D eigenvalue weighted by molar-refractivity contribution is 0.0773. The first-order valence-electron chi connectivity index (χ1n) is 9.77. The number of fused-ring (bicyclic) bond motifs is 2. The first kappa shape index (κ1) is 19.0. The Morgan fingerprint density at radius 1 is 1.13 bits per heavy atom. The number of hydrogen-bond donors (Lipinski definition) is 1. The monoisotopic (exact) mass is 425 g/mol. The number of carbonyl (C=O) groups excluding carboxylic acids is 1. The van der Waals surface area contributed by atoms with E-state index in [0.29, 0.717) is 53.3 Å². The molecule has 3 aromatic rings. The second-order valence-corrected chi connectivity index (χ2v) is 8.38. The Morgan fingerprint density at radius 2 is 1.97 bits per heavy atom. The van der Waals surface area contributed by atoms with E-state index in [-0.39, 0.29) is 18.5 Å². The average Bonchev–Trinajstić information content (AvgIpc) is 3.25.